The molecule has 0 fully saturated rings. The summed E-state index contributed by atoms with van der Waals surface area (Å²) >= 11 is 11.7. The molecule has 3 amide bonds. The van der Waals surface area contributed by atoms with E-state index in [9.17, 15) is 14.4 Å². The van der Waals surface area contributed by atoms with Crippen molar-refractivity contribution in [1.29, 1.82) is 0 Å². The summed E-state index contributed by atoms with van der Waals surface area (Å²) in [5.41, 5.74) is 2.93. The van der Waals surface area contributed by atoms with Crippen LogP contribution in [0.2, 0.25) is 10.0 Å². The minimum Gasteiger partial charge on any atom is -0.345 e. The van der Waals surface area contributed by atoms with Crippen LogP contribution in [0, 0.1) is 13.8 Å². The fraction of sp³-hybridized carbons (Fsp3) is 0.211. The van der Waals surface area contributed by atoms with Crippen molar-refractivity contribution in [1.82, 2.24) is 10.6 Å². The third kappa shape index (κ3) is 6.58. The van der Waals surface area contributed by atoms with E-state index in [1.165, 1.54) is 18.2 Å². The molecule has 0 aliphatic heterocycles. The largest absolute Gasteiger partial charge is 0.345 e. The second-order valence-electron chi connectivity index (χ2n) is 6.01. The van der Waals surface area contributed by atoms with Crippen molar-refractivity contribution in [2.75, 3.05) is 18.4 Å². The van der Waals surface area contributed by atoms with Crippen molar-refractivity contribution < 1.29 is 14.4 Å². The van der Waals surface area contributed by atoms with Gasteiger partial charge in [0.05, 0.1) is 23.7 Å². The molecular formula is C19H19Cl2N3O3. The Morgan fingerprint density at radius 3 is 2.11 bits per heavy atom. The maximum Gasteiger partial charge on any atom is 0.253 e. The van der Waals surface area contributed by atoms with Gasteiger partial charge in [-0.05, 0) is 55.3 Å². The standard InChI is InChI=1S/C19H19Cl2N3O3/c1-11-5-12(2)7-14(6-11)24-18(26)10-22-17(25)9-23-19(27)15-4-3-13(20)8-16(15)21/h3-8H,9-10H2,1-2H3,(H,22,25)(H,23,27)(H,24,26). The first kappa shape index (κ1) is 20.7. The zero-order chi connectivity index (χ0) is 20.0. The molecular weight excluding hydrogens is 389 g/mol. The van der Waals surface area contributed by atoms with Gasteiger partial charge in [0.15, 0.2) is 0 Å². The van der Waals surface area contributed by atoms with Crippen molar-refractivity contribution in [3.63, 3.8) is 0 Å². The average molecular weight is 408 g/mol. The van der Waals surface area contributed by atoms with Crippen LogP contribution in [0.15, 0.2) is 36.4 Å². The van der Waals surface area contributed by atoms with Gasteiger partial charge in [0.1, 0.15) is 0 Å². The van der Waals surface area contributed by atoms with Gasteiger partial charge in [-0.3, -0.25) is 14.4 Å². The quantitative estimate of drug-likeness (QED) is 0.687. The molecule has 2 aromatic rings. The van der Waals surface area contributed by atoms with E-state index in [1.54, 1.807) is 0 Å². The maximum absolute atomic E-state index is 12.0. The Bertz CT molecular complexity index is 864. The van der Waals surface area contributed by atoms with Crippen LogP contribution in [-0.4, -0.2) is 30.8 Å². The molecule has 0 heterocycles. The molecule has 0 bridgehead atoms. The lowest BCUT2D eigenvalue weighted by molar-refractivity contribution is -0.123. The second kappa shape index (κ2) is 9.39. The summed E-state index contributed by atoms with van der Waals surface area (Å²) in [7, 11) is 0. The molecule has 0 spiro atoms. The minimum absolute atomic E-state index is 0.188. The van der Waals surface area contributed by atoms with Gasteiger partial charge in [-0.2, -0.15) is 0 Å². The Balaban J connectivity index is 1.78. The van der Waals surface area contributed by atoms with E-state index in [0.717, 1.165) is 11.1 Å². The van der Waals surface area contributed by atoms with Gasteiger partial charge in [0.2, 0.25) is 11.8 Å². The van der Waals surface area contributed by atoms with Gasteiger partial charge in [-0.25, -0.2) is 0 Å². The highest BCUT2D eigenvalue weighted by atomic mass is 35.5. The third-order valence-electron chi connectivity index (χ3n) is 3.54. The topological polar surface area (TPSA) is 87.3 Å². The lowest BCUT2D eigenvalue weighted by Gasteiger charge is -2.10. The number of halogens is 2. The van der Waals surface area contributed by atoms with E-state index in [-0.39, 0.29) is 29.6 Å². The smallest absolute Gasteiger partial charge is 0.253 e. The molecule has 0 saturated carbocycles. The highest BCUT2D eigenvalue weighted by Gasteiger charge is 2.12. The summed E-state index contributed by atoms with van der Waals surface area (Å²) < 4.78 is 0. The molecule has 0 aliphatic rings. The summed E-state index contributed by atoms with van der Waals surface area (Å²) in [6.07, 6.45) is 0. The number of anilines is 1. The number of hydrogen-bond donors (Lipinski definition) is 3. The number of carbonyl (C=O) groups is 3. The molecule has 0 saturated heterocycles. The van der Waals surface area contributed by atoms with Gasteiger partial charge in [-0.1, -0.05) is 29.3 Å². The first-order valence-electron chi connectivity index (χ1n) is 8.12. The van der Waals surface area contributed by atoms with Crippen molar-refractivity contribution in [3.05, 3.63) is 63.1 Å². The summed E-state index contributed by atoms with van der Waals surface area (Å²) in [5, 5.41) is 8.19. The third-order valence-corrected chi connectivity index (χ3v) is 4.08. The molecule has 0 radical (unpaired) electrons. The first-order chi connectivity index (χ1) is 12.7. The normalized spacial score (nSPS) is 10.2. The van der Waals surface area contributed by atoms with Crippen LogP contribution in [0.1, 0.15) is 21.5 Å². The van der Waals surface area contributed by atoms with E-state index in [2.05, 4.69) is 16.0 Å². The monoisotopic (exact) mass is 407 g/mol. The van der Waals surface area contributed by atoms with Crippen molar-refractivity contribution in [2.45, 2.75) is 13.8 Å². The Morgan fingerprint density at radius 2 is 1.48 bits per heavy atom. The molecule has 8 heteroatoms. The Morgan fingerprint density at radius 1 is 0.852 bits per heavy atom. The van der Waals surface area contributed by atoms with Crippen LogP contribution >= 0.6 is 23.2 Å². The Kier molecular flexibility index (Phi) is 7.21. The molecule has 2 aromatic carbocycles. The molecule has 0 aromatic heterocycles. The van der Waals surface area contributed by atoms with Crippen LogP contribution in [0.5, 0.6) is 0 Å². The fourth-order valence-corrected chi connectivity index (χ4v) is 2.92. The van der Waals surface area contributed by atoms with Crippen LogP contribution in [0.4, 0.5) is 5.69 Å². The van der Waals surface area contributed by atoms with E-state index >= 15 is 0 Å². The molecule has 0 atom stereocenters. The number of aryl methyl sites for hydroxylation is 2. The minimum atomic E-state index is -0.508. The molecule has 0 aliphatic carbocycles. The van der Waals surface area contributed by atoms with E-state index in [4.69, 9.17) is 23.2 Å². The predicted molar refractivity (Wildman–Crippen MR) is 106 cm³/mol. The van der Waals surface area contributed by atoms with Gasteiger partial charge < -0.3 is 16.0 Å². The van der Waals surface area contributed by atoms with Crippen molar-refractivity contribution >= 4 is 46.6 Å². The molecule has 2 rings (SSSR count). The van der Waals surface area contributed by atoms with Gasteiger partial charge in [-0.15, -0.1) is 0 Å². The van der Waals surface area contributed by atoms with Crippen LogP contribution in [0.25, 0.3) is 0 Å². The SMILES string of the molecule is Cc1cc(C)cc(NC(=O)CNC(=O)CNC(=O)c2ccc(Cl)cc2Cl)c1. The number of rotatable bonds is 6. The number of hydrogen-bond acceptors (Lipinski definition) is 3. The second-order valence-corrected chi connectivity index (χ2v) is 6.85. The van der Waals surface area contributed by atoms with Gasteiger partial charge in [0.25, 0.3) is 5.91 Å². The van der Waals surface area contributed by atoms with Crippen LogP contribution in [-0.2, 0) is 9.59 Å². The van der Waals surface area contributed by atoms with Crippen molar-refractivity contribution in [3.8, 4) is 0 Å². The van der Waals surface area contributed by atoms with Crippen LogP contribution < -0.4 is 16.0 Å². The number of amides is 3. The number of carbonyl (C=O) groups excluding carboxylic acids is 3. The molecule has 27 heavy (non-hydrogen) atoms. The zero-order valence-electron chi connectivity index (χ0n) is 14.9. The van der Waals surface area contributed by atoms with E-state index in [0.29, 0.717) is 10.7 Å². The van der Waals surface area contributed by atoms with Gasteiger partial charge >= 0.3 is 0 Å². The molecule has 3 N–H and O–H groups in total. The molecule has 0 unspecified atom stereocenters. The lowest BCUT2D eigenvalue weighted by atomic mass is 10.1. The van der Waals surface area contributed by atoms with Crippen LogP contribution in [0.3, 0.4) is 0 Å². The summed E-state index contributed by atoms with van der Waals surface area (Å²) in [6.45, 7) is 3.37. The summed E-state index contributed by atoms with van der Waals surface area (Å²) in [5.74, 6) is -1.36. The molecule has 142 valence electrons. The lowest BCUT2D eigenvalue weighted by Crippen LogP contribution is -2.40. The molecule has 6 nitrogen and oxygen atoms in total. The Labute approximate surface area is 167 Å². The predicted octanol–water partition coefficient (Wildman–Crippen LogP) is 3.09. The van der Waals surface area contributed by atoms with E-state index in [1.807, 2.05) is 32.0 Å². The highest BCUT2D eigenvalue weighted by Crippen LogP contribution is 2.20. The average Bonchev–Trinajstić information content (AvgIpc) is 2.57. The van der Waals surface area contributed by atoms with E-state index < -0.39 is 11.8 Å². The number of benzene rings is 2. The Hall–Kier alpha value is -2.57. The maximum atomic E-state index is 12.0. The number of nitrogens with one attached hydrogen (secondary N) is 3. The first-order valence-corrected chi connectivity index (χ1v) is 8.88. The summed E-state index contributed by atoms with van der Waals surface area (Å²) in [6, 6.07) is 10.1. The zero-order valence-corrected chi connectivity index (χ0v) is 16.4. The fourth-order valence-electron chi connectivity index (χ4n) is 2.42. The van der Waals surface area contributed by atoms with Gasteiger partial charge in [0, 0.05) is 10.7 Å². The summed E-state index contributed by atoms with van der Waals surface area (Å²) in [4.78, 5) is 35.8. The highest BCUT2D eigenvalue weighted by molar-refractivity contribution is 6.36. The van der Waals surface area contributed by atoms with Crippen molar-refractivity contribution in [2.24, 2.45) is 0 Å².